The van der Waals surface area contributed by atoms with Gasteiger partial charge in [-0.15, -0.1) is 0 Å². The van der Waals surface area contributed by atoms with Crippen LogP contribution in [0.2, 0.25) is 0 Å². The third kappa shape index (κ3) is 8.08. The summed E-state index contributed by atoms with van der Waals surface area (Å²) in [6, 6.07) is 25.3. The van der Waals surface area contributed by atoms with E-state index in [1.54, 1.807) is 30.2 Å². The number of aliphatic hydroxyl groups is 1. The summed E-state index contributed by atoms with van der Waals surface area (Å²) in [6.45, 7) is 2.32. The molecule has 1 aliphatic rings. The Kier molecular flexibility index (Phi) is 10.6. The zero-order valence-electron chi connectivity index (χ0n) is 23.2. The van der Waals surface area contributed by atoms with Crippen molar-refractivity contribution in [2.75, 3.05) is 5.75 Å². The van der Waals surface area contributed by atoms with Gasteiger partial charge in [-0.05, 0) is 33.9 Å². The molecule has 0 saturated carbocycles. The standard InChI is InChI=1S/C32H30Cl3N3O4S/c1-20-27(19-43-31-36-15-4-16-37-31)41-29(42-28(20)23-9-7-21(18-39)8-10-23)24-13-11-22(12-14-24)26-6-3-2-5-25(26)17-38-30(40)32(33,34)35/h2-16,20,27-29,39H,17-19H2,1H3,(H,38,40)/t20-,27+,28+,29+/m1/s1. The predicted molar refractivity (Wildman–Crippen MR) is 170 cm³/mol. The van der Waals surface area contributed by atoms with Crippen molar-refractivity contribution in [1.82, 2.24) is 15.3 Å². The minimum Gasteiger partial charge on any atom is -0.392 e. The van der Waals surface area contributed by atoms with Crippen LogP contribution in [0.4, 0.5) is 0 Å². The Morgan fingerprint density at radius 1 is 0.930 bits per heavy atom. The van der Waals surface area contributed by atoms with Crippen molar-refractivity contribution in [1.29, 1.82) is 0 Å². The van der Waals surface area contributed by atoms with Gasteiger partial charge in [0, 0.05) is 36.2 Å². The molecule has 11 heteroatoms. The highest BCUT2D eigenvalue weighted by Crippen LogP contribution is 2.43. The molecular formula is C32H30Cl3N3O4S. The molecule has 1 saturated heterocycles. The van der Waals surface area contributed by atoms with Gasteiger partial charge in [-0.25, -0.2) is 9.97 Å². The summed E-state index contributed by atoms with van der Waals surface area (Å²) < 4.78 is 11.1. The molecule has 2 heterocycles. The number of aromatic nitrogens is 2. The van der Waals surface area contributed by atoms with E-state index in [0.717, 1.165) is 33.4 Å². The maximum Gasteiger partial charge on any atom is 0.272 e. The highest BCUT2D eigenvalue weighted by molar-refractivity contribution is 7.99. The molecule has 4 atom stereocenters. The molecule has 2 N–H and O–H groups in total. The van der Waals surface area contributed by atoms with Crippen molar-refractivity contribution >= 4 is 52.5 Å². The van der Waals surface area contributed by atoms with Crippen LogP contribution in [0.25, 0.3) is 11.1 Å². The molecule has 224 valence electrons. The van der Waals surface area contributed by atoms with Gasteiger partial charge in [-0.2, -0.15) is 0 Å². The number of ether oxygens (including phenoxy) is 2. The molecule has 0 spiro atoms. The SMILES string of the molecule is C[C@@H]1[C@H](CSc2ncccn2)O[C@H](c2ccc(-c3ccccc3CNC(=O)C(Cl)(Cl)Cl)cc2)O[C@@H]1c1ccc(CO)cc1. The number of hydrogen-bond donors (Lipinski definition) is 2. The average Bonchev–Trinajstić information content (AvgIpc) is 3.03. The smallest absolute Gasteiger partial charge is 0.272 e. The van der Waals surface area contributed by atoms with Gasteiger partial charge in [0.2, 0.25) is 0 Å². The first-order valence-electron chi connectivity index (χ1n) is 13.7. The average molecular weight is 659 g/mol. The maximum absolute atomic E-state index is 12.1. The minimum atomic E-state index is -2.03. The zero-order chi connectivity index (χ0) is 30.4. The molecular weight excluding hydrogens is 629 g/mol. The number of hydrogen-bond acceptors (Lipinski definition) is 7. The second-order valence-corrected chi connectivity index (χ2v) is 13.4. The van der Waals surface area contributed by atoms with E-state index >= 15 is 0 Å². The van der Waals surface area contributed by atoms with Gasteiger partial charge in [0.05, 0.1) is 18.8 Å². The summed E-state index contributed by atoms with van der Waals surface area (Å²) in [4.78, 5) is 20.8. The number of carbonyl (C=O) groups is 1. The molecule has 0 unspecified atom stereocenters. The van der Waals surface area contributed by atoms with Crippen molar-refractivity contribution in [3.05, 3.63) is 114 Å². The minimum absolute atomic E-state index is 0.0157. The topological polar surface area (TPSA) is 93.6 Å². The second-order valence-electron chi connectivity index (χ2n) is 10.1. The lowest BCUT2D eigenvalue weighted by molar-refractivity contribution is -0.268. The Balaban J connectivity index is 1.37. The van der Waals surface area contributed by atoms with Crippen molar-refractivity contribution in [3.8, 4) is 11.1 Å². The molecule has 43 heavy (non-hydrogen) atoms. The molecule has 5 rings (SSSR count). The largest absolute Gasteiger partial charge is 0.392 e. The van der Waals surface area contributed by atoms with E-state index < -0.39 is 16.0 Å². The number of alkyl halides is 3. The van der Waals surface area contributed by atoms with E-state index in [9.17, 15) is 9.90 Å². The Labute approximate surface area is 269 Å². The van der Waals surface area contributed by atoms with Crippen LogP contribution in [0.1, 0.15) is 41.6 Å². The fourth-order valence-corrected chi connectivity index (χ4v) is 6.04. The van der Waals surface area contributed by atoms with E-state index in [2.05, 4.69) is 22.2 Å². The normalized spacial score (nSPS) is 20.5. The molecule has 1 fully saturated rings. The Morgan fingerprint density at radius 3 is 2.28 bits per heavy atom. The second kappa shape index (κ2) is 14.4. The molecule has 4 aromatic rings. The number of benzene rings is 3. The van der Waals surface area contributed by atoms with Gasteiger partial charge in [0.15, 0.2) is 11.4 Å². The summed E-state index contributed by atoms with van der Waals surface area (Å²) >= 11 is 18.7. The highest BCUT2D eigenvalue weighted by atomic mass is 35.6. The number of carbonyl (C=O) groups excluding carboxylic acids is 1. The molecule has 3 aromatic carbocycles. The van der Waals surface area contributed by atoms with E-state index in [1.165, 1.54) is 0 Å². The van der Waals surface area contributed by atoms with Crippen LogP contribution in [-0.4, -0.2) is 36.6 Å². The number of amides is 1. The number of nitrogens with one attached hydrogen (secondary N) is 1. The molecule has 1 amide bonds. The fourth-order valence-electron chi connectivity index (χ4n) is 4.88. The molecule has 0 radical (unpaired) electrons. The van der Waals surface area contributed by atoms with Crippen LogP contribution in [-0.2, 0) is 27.4 Å². The first kappa shape index (κ1) is 31.7. The summed E-state index contributed by atoms with van der Waals surface area (Å²) in [5.41, 5.74) is 5.51. The molecule has 0 bridgehead atoms. The zero-order valence-corrected chi connectivity index (χ0v) is 26.3. The van der Waals surface area contributed by atoms with Gasteiger partial charge in [0.25, 0.3) is 9.70 Å². The van der Waals surface area contributed by atoms with Gasteiger partial charge in [-0.1, -0.05) is 126 Å². The van der Waals surface area contributed by atoms with Crippen molar-refractivity contribution in [3.63, 3.8) is 0 Å². The third-order valence-electron chi connectivity index (χ3n) is 7.25. The number of halogens is 3. The molecule has 0 aliphatic carbocycles. The molecule has 7 nitrogen and oxygen atoms in total. The Hall–Kier alpha value is -2.69. The summed E-state index contributed by atoms with van der Waals surface area (Å²) in [6.07, 6.45) is 2.49. The van der Waals surface area contributed by atoms with Crippen LogP contribution >= 0.6 is 46.6 Å². The first-order chi connectivity index (χ1) is 20.7. The monoisotopic (exact) mass is 657 g/mol. The van der Waals surface area contributed by atoms with Crippen molar-refractivity contribution in [2.45, 2.75) is 47.5 Å². The van der Waals surface area contributed by atoms with Gasteiger partial charge in [-0.3, -0.25) is 4.79 Å². The van der Waals surface area contributed by atoms with E-state index in [0.29, 0.717) is 10.9 Å². The van der Waals surface area contributed by atoms with Gasteiger partial charge < -0.3 is 19.9 Å². The Morgan fingerprint density at radius 2 is 1.60 bits per heavy atom. The van der Waals surface area contributed by atoms with Crippen LogP contribution in [0.15, 0.2) is 96.4 Å². The highest BCUT2D eigenvalue weighted by Gasteiger charge is 2.38. The summed E-state index contributed by atoms with van der Waals surface area (Å²) in [5, 5.41) is 12.9. The lowest BCUT2D eigenvalue weighted by atomic mass is 9.91. The van der Waals surface area contributed by atoms with Crippen LogP contribution in [0.5, 0.6) is 0 Å². The lowest BCUT2D eigenvalue weighted by Crippen LogP contribution is -2.38. The molecule has 1 aliphatic heterocycles. The number of thioether (sulfide) groups is 1. The third-order valence-corrected chi connectivity index (χ3v) is 8.73. The van der Waals surface area contributed by atoms with E-state index in [-0.39, 0.29) is 31.3 Å². The predicted octanol–water partition coefficient (Wildman–Crippen LogP) is 7.21. The van der Waals surface area contributed by atoms with Gasteiger partial charge >= 0.3 is 0 Å². The van der Waals surface area contributed by atoms with Crippen molar-refractivity contribution in [2.24, 2.45) is 5.92 Å². The Bertz CT molecular complexity index is 1510. The van der Waals surface area contributed by atoms with Crippen LogP contribution in [0.3, 0.4) is 0 Å². The maximum atomic E-state index is 12.1. The molecule has 1 aromatic heterocycles. The number of nitrogens with zero attached hydrogens (tertiary/aromatic N) is 2. The summed E-state index contributed by atoms with van der Waals surface area (Å²) in [5.74, 6) is 0.0128. The van der Waals surface area contributed by atoms with E-state index in [1.807, 2.05) is 72.8 Å². The lowest BCUT2D eigenvalue weighted by Gasteiger charge is -2.41. The quantitative estimate of drug-likeness (QED) is 0.112. The first-order valence-corrected chi connectivity index (χ1v) is 15.8. The number of rotatable bonds is 9. The van der Waals surface area contributed by atoms with Crippen molar-refractivity contribution < 1.29 is 19.4 Å². The van der Waals surface area contributed by atoms with Gasteiger partial charge in [0.1, 0.15) is 0 Å². The van der Waals surface area contributed by atoms with E-state index in [4.69, 9.17) is 44.3 Å². The fraction of sp³-hybridized carbons (Fsp3) is 0.281. The summed E-state index contributed by atoms with van der Waals surface area (Å²) in [7, 11) is 0. The van der Waals surface area contributed by atoms with Crippen LogP contribution in [0, 0.1) is 5.92 Å². The number of aliphatic hydroxyl groups excluding tert-OH is 1. The van der Waals surface area contributed by atoms with Crippen LogP contribution < -0.4 is 5.32 Å².